The Hall–Kier alpha value is -2.95. The number of rotatable bonds is 5. The molecule has 0 aromatic carbocycles. The van der Waals surface area contributed by atoms with Crippen molar-refractivity contribution in [2.24, 2.45) is 11.8 Å². The zero-order valence-corrected chi connectivity index (χ0v) is 17.6. The Morgan fingerprint density at radius 3 is 2.58 bits per heavy atom. The van der Waals surface area contributed by atoms with E-state index < -0.39 is 6.04 Å². The van der Waals surface area contributed by atoms with Crippen LogP contribution in [0.15, 0.2) is 12.4 Å². The maximum atomic E-state index is 13.4. The van der Waals surface area contributed by atoms with E-state index in [0.29, 0.717) is 48.6 Å². The maximum Gasteiger partial charge on any atom is 0.255 e. The fourth-order valence-corrected chi connectivity index (χ4v) is 4.97. The van der Waals surface area contributed by atoms with Crippen LogP contribution in [0.25, 0.3) is 11.2 Å². The average Bonchev–Trinajstić information content (AvgIpc) is 3.34. The molecule has 0 bridgehead atoms. The molecule has 8 nitrogen and oxygen atoms in total. The maximum absolute atomic E-state index is 13.4. The van der Waals surface area contributed by atoms with Gasteiger partial charge < -0.3 is 15.2 Å². The van der Waals surface area contributed by atoms with E-state index in [1.165, 1.54) is 0 Å². The SMILES string of the molecule is N#CC1CCN(C(=O)C(NC(=O)c2c[nH]c3ncc(C4CC4)nc23)C2CCCC2)CC1. The molecule has 2 saturated carbocycles. The molecule has 3 aliphatic rings. The number of likely N-dealkylation sites (tertiary alicyclic amines) is 1. The van der Waals surface area contributed by atoms with Crippen molar-refractivity contribution in [3.05, 3.63) is 23.7 Å². The van der Waals surface area contributed by atoms with Crippen molar-refractivity contribution in [1.29, 1.82) is 5.26 Å². The van der Waals surface area contributed by atoms with E-state index in [2.05, 4.69) is 21.4 Å². The van der Waals surface area contributed by atoms with Gasteiger partial charge in [-0.2, -0.15) is 5.26 Å². The van der Waals surface area contributed by atoms with Gasteiger partial charge in [0, 0.05) is 31.1 Å². The number of amides is 2. The predicted octanol–water partition coefficient (Wildman–Crippen LogP) is 2.89. The van der Waals surface area contributed by atoms with E-state index in [4.69, 9.17) is 10.2 Å². The zero-order valence-electron chi connectivity index (χ0n) is 17.6. The highest BCUT2D eigenvalue weighted by Crippen LogP contribution is 2.39. The molecule has 2 aromatic rings. The number of aromatic amines is 1. The molecule has 0 radical (unpaired) electrons. The molecular weight excluding hydrogens is 392 g/mol. The first kappa shape index (κ1) is 20.0. The van der Waals surface area contributed by atoms with E-state index in [-0.39, 0.29) is 23.7 Å². The van der Waals surface area contributed by atoms with Gasteiger partial charge in [-0.3, -0.25) is 9.59 Å². The van der Waals surface area contributed by atoms with Crippen LogP contribution in [-0.2, 0) is 4.79 Å². The molecule has 1 atom stereocenters. The van der Waals surface area contributed by atoms with Gasteiger partial charge in [0.1, 0.15) is 11.6 Å². The van der Waals surface area contributed by atoms with Crippen molar-refractivity contribution in [1.82, 2.24) is 25.2 Å². The van der Waals surface area contributed by atoms with E-state index in [9.17, 15) is 9.59 Å². The van der Waals surface area contributed by atoms with Gasteiger partial charge in [-0.1, -0.05) is 12.8 Å². The normalized spacial score (nSPS) is 21.2. The number of H-pyrrole nitrogens is 1. The first-order valence-corrected chi connectivity index (χ1v) is 11.5. The second kappa shape index (κ2) is 8.29. The first-order valence-electron chi connectivity index (χ1n) is 11.5. The molecule has 31 heavy (non-hydrogen) atoms. The van der Waals surface area contributed by atoms with Gasteiger partial charge in [-0.25, -0.2) is 9.97 Å². The number of nitrogens with zero attached hydrogens (tertiary/aromatic N) is 4. The Morgan fingerprint density at radius 1 is 1.16 bits per heavy atom. The number of hydrogen-bond donors (Lipinski definition) is 2. The molecule has 2 N–H and O–H groups in total. The molecule has 1 saturated heterocycles. The standard InChI is InChI=1S/C23H28N6O2/c24-11-14-7-9-29(10-8-14)23(31)19(16-3-1-2-4-16)28-22(30)17-12-25-21-20(17)27-18(13-26-21)15-5-6-15/h12-16,19H,1-10H2,(H,25,26)(H,28,30). The minimum absolute atomic E-state index is 0.0127. The average molecular weight is 421 g/mol. The van der Waals surface area contributed by atoms with E-state index in [1.807, 2.05) is 4.90 Å². The number of nitriles is 1. The van der Waals surface area contributed by atoms with Gasteiger partial charge in [-0.05, 0) is 44.4 Å². The third-order valence-corrected chi connectivity index (χ3v) is 7.05. The third-order valence-electron chi connectivity index (χ3n) is 7.05. The molecule has 3 heterocycles. The summed E-state index contributed by atoms with van der Waals surface area (Å²) < 4.78 is 0. The molecule has 0 spiro atoms. The summed E-state index contributed by atoms with van der Waals surface area (Å²) in [4.78, 5) is 40.6. The monoisotopic (exact) mass is 420 g/mol. The van der Waals surface area contributed by atoms with Crippen molar-refractivity contribution in [3.8, 4) is 6.07 Å². The summed E-state index contributed by atoms with van der Waals surface area (Å²) >= 11 is 0. The molecule has 8 heteroatoms. The van der Waals surface area contributed by atoms with Gasteiger partial charge >= 0.3 is 0 Å². The lowest BCUT2D eigenvalue weighted by molar-refractivity contribution is -0.135. The Balaban J connectivity index is 1.36. The number of piperidine rings is 1. The molecule has 2 amide bonds. The highest BCUT2D eigenvalue weighted by molar-refractivity contribution is 6.06. The molecule has 1 aliphatic heterocycles. The minimum Gasteiger partial charge on any atom is -0.344 e. The highest BCUT2D eigenvalue weighted by Gasteiger charge is 2.36. The quantitative estimate of drug-likeness (QED) is 0.772. The van der Waals surface area contributed by atoms with Gasteiger partial charge in [0.15, 0.2) is 5.65 Å². The minimum atomic E-state index is -0.529. The number of carbonyl (C=O) groups is 2. The summed E-state index contributed by atoms with van der Waals surface area (Å²) in [6.07, 6.45) is 11.1. The molecule has 162 valence electrons. The van der Waals surface area contributed by atoms with Crippen LogP contribution in [0.5, 0.6) is 0 Å². The molecule has 2 aliphatic carbocycles. The summed E-state index contributed by atoms with van der Waals surface area (Å²) in [7, 11) is 0. The first-order chi connectivity index (χ1) is 15.1. The number of fused-ring (bicyclic) bond motifs is 1. The smallest absolute Gasteiger partial charge is 0.255 e. The van der Waals surface area contributed by atoms with Crippen LogP contribution in [0.3, 0.4) is 0 Å². The highest BCUT2D eigenvalue weighted by atomic mass is 16.2. The lowest BCUT2D eigenvalue weighted by atomic mass is 9.93. The van der Waals surface area contributed by atoms with Crippen molar-refractivity contribution in [2.45, 2.75) is 63.3 Å². The van der Waals surface area contributed by atoms with Gasteiger partial charge in [0.25, 0.3) is 5.91 Å². The third kappa shape index (κ3) is 4.01. The summed E-state index contributed by atoms with van der Waals surface area (Å²) in [5.41, 5.74) is 2.56. The van der Waals surface area contributed by atoms with Crippen molar-refractivity contribution in [2.75, 3.05) is 13.1 Å². The number of aromatic nitrogens is 3. The van der Waals surface area contributed by atoms with Crippen LogP contribution in [-0.4, -0.2) is 50.8 Å². The Labute approximate surface area is 181 Å². The summed E-state index contributed by atoms with van der Waals surface area (Å²) in [5, 5.41) is 12.2. The van der Waals surface area contributed by atoms with Gasteiger partial charge in [0.2, 0.25) is 5.91 Å². The molecule has 1 unspecified atom stereocenters. The lowest BCUT2D eigenvalue weighted by Crippen LogP contribution is -2.53. The van der Waals surface area contributed by atoms with Crippen molar-refractivity contribution >= 4 is 23.0 Å². The molecule has 3 fully saturated rings. The van der Waals surface area contributed by atoms with Crippen LogP contribution in [0.2, 0.25) is 0 Å². The summed E-state index contributed by atoms with van der Waals surface area (Å²) in [5.74, 6) is 0.344. The van der Waals surface area contributed by atoms with E-state index >= 15 is 0 Å². The van der Waals surface area contributed by atoms with Crippen LogP contribution >= 0.6 is 0 Å². The second-order valence-electron chi connectivity index (χ2n) is 9.19. The van der Waals surface area contributed by atoms with Crippen LogP contribution < -0.4 is 5.32 Å². The molecular formula is C23H28N6O2. The van der Waals surface area contributed by atoms with Crippen molar-refractivity contribution in [3.63, 3.8) is 0 Å². The van der Waals surface area contributed by atoms with Gasteiger partial charge in [-0.15, -0.1) is 0 Å². The Bertz CT molecular complexity index is 1020. The largest absolute Gasteiger partial charge is 0.344 e. The predicted molar refractivity (Wildman–Crippen MR) is 114 cm³/mol. The van der Waals surface area contributed by atoms with Gasteiger partial charge in [0.05, 0.1) is 23.5 Å². The fraction of sp³-hybridized carbons (Fsp3) is 0.609. The number of carbonyl (C=O) groups excluding carboxylic acids is 2. The van der Waals surface area contributed by atoms with Crippen LogP contribution in [0.4, 0.5) is 0 Å². The van der Waals surface area contributed by atoms with Crippen LogP contribution in [0, 0.1) is 23.2 Å². The topological polar surface area (TPSA) is 115 Å². The zero-order chi connectivity index (χ0) is 21.4. The van der Waals surface area contributed by atoms with E-state index in [1.54, 1.807) is 12.4 Å². The number of hydrogen-bond acceptors (Lipinski definition) is 5. The summed E-state index contributed by atoms with van der Waals surface area (Å²) in [6.45, 7) is 1.17. The van der Waals surface area contributed by atoms with Crippen LogP contribution in [0.1, 0.15) is 73.3 Å². The summed E-state index contributed by atoms with van der Waals surface area (Å²) in [6, 6.07) is 1.78. The fourth-order valence-electron chi connectivity index (χ4n) is 4.97. The lowest BCUT2D eigenvalue weighted by Gasteiger charge is -2.34. The van der Waals surface area contributed by atoms with Crippen molar-refractivity contribution < 1.29 is 9.59 Å². The molecule has 2 aromatic heterocycles. The second-order valence-corrected chi connectivity index (χ2v) is 9.19. The van der Waals surface area contributed by atoms with E-state index in [0.717, 1.165) is 44.2 Å². The molecule has 5 rings (SSSR count). The Morgan fingerprint density at radius 2 is 1.90 bits per heavy atom. The number of nitrogens with one attached hydrogen (secondary N) is 2. The Kier molecular flexibility index (Phi) is 5.34.